The third-order valence-electron chi connectivity index (χ3n) is 2.67. The van der Waals surface area contributed by atoms with E-state index < -0.39 is 5.60 Å². The summed E-state index contributed by atoms with van der Waals surface area (Å²) in [5.41, 5.74) is 0.615. The van der Waals surface area contributed by atoms with E-state index in [4.69, 9.17) is 9.47 Å². The lowest BCUT2D eigenvalue weighted by molar-refractivity contribution is 0.0189. The van der Waals surface area contributed by atoms with Crippen molar-refractivity contribution in [1.29, 1.82) is 0 Å². The molecule has 0 aliphatic heterocycles. The van der Waals surface area contributed by atoms with Gasteiger partial charge in [-0.1, -0.05) is 31.4 Å². The molecule has 120 valence electrons. The first kappa shape index (κ1) is 19.4. The molecule has 4 heteroatoms. The van der Waals surface area contributed by atoms with Gasteiger partial charge in [0.05, 0.1) is 13.2 Å². The van der Waals surface area contributed by atoms with E-state index in [-0.39, 0.29) is 6.09 Å². The molecule has 1 amide bonds. The van der Waals surface area contributed by atoms with Crippen molar-refractivity contribution in [3.05, 3.63) is 37.0 Å². The van der Waals surface area contributed by atoms with Crippen LogP contribution in [-0.4, -0.2) is 42.9 Å². The van der Waals surface area contributed by atoms with E-state index in [0.717, 1.165) is 12.0 Å². The van der Waals surface area contributed by atoms with Gasteiger partial charge in [-0.05, 0) is 39.7 Å². The zero-order valence-electron chi connectivity index (χ0n) is 13.9. The van der Waals surface area contributed by atoms with Crippen LogP contribution >= 0.6 is 0 Å². The zero-order chi connectivity index (χ0) is 16.3. The molecule has 0 unspecified atom stereocenters. The number of amides is 1. The fourth-order valence-electron chi connectivity index (χ4n) is 1.58. The van der Waals surface area contributed by atoms with Gasteiger partial charge in [0.2, 0.25) is 0 Å². The van der Waals surface area contributed by atoms with Crippen molar-refractivity contribution in [2.24, 2.45) is 0 Å². The Labute approximate surface area is 129 Å². The number of carbonyl (C=O) groups excluding carboxylic acids is 1. The maximum Gasteiger partial charge on any atom is 0.410 e. The van der Waals surface area contributed by atoms with E-state index in [1.54, 1.807) is 17.1 Å². The molecule has 0 rings (SSSR count). The van der Waals surface area contributed by atoms with E-state index >= 15 is 0 Å². The Hall–Kier alpha value is -1.55. The first-order valence-corrected chi connectivity index (χ1v) is 7.33. The van der Waals surface area contributed by atoms with Crippen LogP contribution in [0.1, 0.15) is 34.1 Å². The first-order valence-electron chi connectivity index (χ1n) is 7.33. The SMILES string of the molecule is C=C/C=C(\C=C)CCOCCN(CC)C(=O)OC(C)(C)C. The summed E-state index contributed by atoms with van der Waals surface area (Å²) in [5.74, 6) is 0. The minimum Gasteiger partial charge on any atom is -0.444 e. The minimum absolute atomic E-state index is 0.299. The number of allylic oxidation sites excluding steroid dienone is 3. The van der Waals surface area contributed by atoms with E-state index in [0.29, 0.717) is 26.3 Å². The highest BCUT2D eigenvalue weighted by Crippen LogP contribution is 2.09. The third-order valence-corrected chi connectivity index (χ3v) is 2.67. The van der Waals surface area contributed by atoms with Gasteiger partial charge < -0.3 is 14.4 Å². The molecule has 0 aromatic heterocycles. The Morgan fingerprint density at radius 3 is 2.38 bits per heavy atom. The van der Waals surface area contributed by atoms with Gasteiger partial charge >= 0.3 is 6.09 Å². The number of hydrogen-bond donors (Lipinski definition) is 0. The van der Waals surface area contributed by atoms with Crippen LogP contribution in [-0.2, 0) is 9.47 Å². The summed E-state index contributed by atoms with van der Waals surface area (Å²) in [6.45, 7) is 17.1. The van der Waals surface area contributed by atoms with Gasteiger partial charge in [-0.3, -0.25) is 0 Å². The van der Waals surface area contributed by atoms with E-state index in [1.807, 2.05) is 33.8 Å². The number of hydrogen-bond acceptors (Lipinski definition) is 3. The van der Waals surface area contributed by atoms with E-state index in [9.17, 15) is 4.79 Å². The Balaban J connectivity index is 4.02. The molecule has 0 aromatic rings. The summed E-state index contributed by atoms with van der Waals surface area (Å²) >= 11 is 0. The molecule has 0 saturated heterocycles. The molecule has 0 atom stereocenters. The number of ether oxygens (including phenoxy) is 2. The van der Waals surface area contributed by atoms with Gasteiger partial charge in [0.15, 0.2) is 0 Å². The van der Waals surface area contributed by atoms with Crippen LogP contribution in [0.2, 0.25) is 0 Å². The average molecular weight is 295 g/mol. The van der Waals surface area contributed by atoms with Crippen molar-refractivity contribution in [2.75, 3.05) is 26.3 Å². The Morgan fingerprint density at radius 1 is 1.24 bits per heavy atom. The predicted octanol–water partition coefficient (Wildman–Crippen LogP) is 3.95. The van der Waals surface area contributed by atoms with Crippen molar-refractivity contribution in [1.82, 2.24) is 4.90 Å². The van der Waals surface area contributed by atoms with Gasteiger partial charge in [-0.2, -0.15) is 0 Å². The molecule has 4 nitrogen and oxygen atoms in total. The number of likely N-dealkylation sites (N-methyl/N-ethyl adjacent to an activating group) is 1. The fourth-order valence-corrected chi connectivity index (χ4v) is 1.58. The average Bonchev–Trinajstić information content (AvgIpc) is 2.39. The maximum absolute atomic E-state index is 11.9. The second-order valence-electron chi connectivity index (χ2n) is 5.60. The van der Waals surface area contributed by atoms with Crippen molar-refractivity contribution in [3.63, 3.8) is 0 Å². The van der Waals surface area contributed by atoms with Gasteiger partial charge in [0, 0.05) is 13.1 Å². The van der Waals surface area contributed by atoms with Crippen molar-refractivity contribution in [3.8, 4) is 0 Å². The molecule has 0 fully saturated rings. The summed E-state index contributed by atoms with van der Waals surface area (Å²) in [4.78, 5) is 13.5. The molecular weight excluding hydrogens is 266 g/mol. The number of nitrogens with zero attached hydrogens (tertiary/aromatic N) is 1. The van der Waals surface area contributed by atoms with Crippen molar-refractivity contribution in [2.45, 2.75) is 39.7 Å². The molecule has 0 bridgehead atoms. The molecule has 0 spiro atoms. The molecule has 0 aliphatic carbocycles. The Morgan fingerprint density at radius 2 is 1.90 bits per heavy atom. The van der Waals surface area contributed by atoms with Gasteiger partial charge in [0.1, 0.15) is 5.60 Å². The van der Waals surface area contributed by atoms with Crippen LogP contribution < -0.4 is 0 Å². The predicted molar refractivity (Wildman–Crippen MR) is 87.4 cm³/mol. The normalized spacial score (nSPS) is 11.9. The van der Waals surface area contributed by atoms with Crippen LogP contribution in [0, 0.1) is 0 Å². The topological polar surface area (TPSA) is 38.8 Å². The number of rotatable bonds is 9. The standard InChI is InChI=1S/C17H29NO3/c1-7-10-15(8-2)11-13-20-14-12-18(9-3)16(19)21-17(4,5)6/h7-8,10H,1-2,9,11-14H2,3-6H3/b15-10+. The Kier molecular flexibility index (Phi) is 9.46. The van der Waals surface area contributed by atoms with Crippen LogP contribution in [0.25, 0.3) is 0 Å². The smallest absolute Gasteiger partial charge is 0.410 e. The molecule has 0 N–H and O–H groups in total. The van der Waals surface area contributed by atoms with Crippen LogP contribution in [0.4, 0.5) is 4.79 Å². The highest BCUT2D eigenvalue weighted by molar-refractivity contribution is 5.68. The summed E-state index contributed by atoms with van der Waals surface area (Å²) < 4.78 is 10.9. The molecule has 21 heavy (non-hydrogen) atoms. The lowest BCUT2D eigenvalue weighted by atomic mass is 10.2. The summed E-state index contributed by atoms with van der Waals surface area (Å²) in [6, 6.07) is 0. The minimum atomic E-state index is -0.473. The Bertz CT molecular complexity index is 367. The summed E-state index contributed by atoms with van der Waals surface area (Å²) in [7, 11) is 0. The molecule has 0 aromatic carbocycles. The van der Waals surface area contributed by atoms with Gasteiger partial charge in [-0.25, -0.2) is 4.79 Å². The molecular formula is C17H29NO3. The van der Waals surface area contributed by atoms with Crippen LogP contribution in [0.5, 0.6) is 0 Å². The molecule has 0 heterocycles. The lowest BCUT2D eigenvalue weighted by Crippen LogP contribution is -2.38. The van der Waals surface area contributed by atoms with E-state index in [1.165, 1.54) is 0 Å². The molecule has 0 radical (unpaired) electrons. The largest absolute Gasteiger partial charge is 0.444 e. The van der Waals surface area contributed by atoms with Gasteiger partial charge in [0.25, 0.3) is 0 Å². The first-order chi connectivity index (χ1) is 9.84. The molecule has 0 aliphatic rings. The van der Waals surface area contributed by atoms with Crippen LogP contribution in [0.3, 0.4) is 0 Å². The quantitative estimate of drug-likeness (QED) is 0.477. The van der Waals surface area contributed by atoms with Crippen LogP contribution in [0.15, 0.2) is 37.0 Å². The second kappa shape index (κ2) is 10.2. The van der Waals surface area contributed by atoms with Crippen molar-refractivity contribution >= 4 is 6.09 Å². The summed E-state index contributed by atoms with van der Waals surface area (Å²) in [6.07, 6.45) is 5.93. The maximum atomic E-state index is 11.9. The highest BCUT2D eigenvalue weighted by atomic mass is 16.6. The molecule has 0 saturated carbocycles. The monoisotopic (exact) mass is 295 g/mol. The highest BCUT2D eigenvalue weighted by Gasteiger charge is 2.20. The number of carbonyl (C=O) groups is 1. The fraction of sp³-hybridized carbons (Fsp3) is 0.588. The third kappa shape index (κ3) is 9.91. The van der Waals surface area contributed by atoms with E-state index in [2.05, 4.69) is 13.2 Å². The second-order valence-corrected chi connectivity index (χ2v) is 5.60. The zero-order valence-corrected chi connectivity index (χ0v) is 13.9. The summed E-state index contributed by atoms with van der Waals surface area (Å²) in [5, 5.41) is 0. The van der Waals surface area contributed by atoms with Gasteiger partial charge in [-0.15, -0.1) is 0 Å². The van der Waals surface area contributed by atoms with Crippen molar-refractivity contribution < 1.29 is 14.3 Å². The lowest BCUT2D eigenvalue weighted by Gasteiger charge is -2.26.